The maximum Gasteiger partial charge on any atom is 0.339 e. The molecule has 2 N–H and O–H groups in total. The van der Waals surface area contributed by atoms with Crippen LogP contribution in [0.4, 0.5) is 5.69 Å². The average Bonchev–Trinajstić information content (AvgIpc) is 2.67. The van der Waals surface area contributed by atoms with Crippen LogP contribution < -0.4 is 15.4 Å². The van der Waals surface area contributed by atoms with Gasteiger partial charge in [0, 0.05) is 12.2 Å². The number of carbonyl (C=O) groups is 1. The Kier molecular flexibility index (Phi) is 8.36. The van der Waals surface area contributed by atoms with E-state index in [9.17, 15) is 4.79 Å². The van der Waals surface area contributed by atoms with Gasteiger partial charge in [-0.15, -0.1) is 0 Å². The molecular formula is C20H23ClN2O3S. The van der Waals surface area contributed by atoms with Gasteiger partial charge in [0.15, 0.2) is 5.11 Å². The van der Waals surface area contributed by atoms with Gasteiger partial charge < -0.3 is 20.1 Å². The number of thiocarbonyl (C=S) groups is 1. The molecule has 27 heavy (non-hydrogen) atoms. The van der Waals surface area contributed by atoms with E-state index >= 15 is 0 Å². The lowest BCUT2D eigenvalue weighted by Crippen LogP contribution is -2.29. The fourth-order valence-electron chi connectivity index (χ4n) is 2.47. The molecule has 2 aromatic rings. The number of ether oxygens (including phenoxy) is 2. The predicted octanol–water partition coefficient (Wildman–Crippen LogP) is 4.44. The summed E-state index contributed by atoms with van der Waals surface area (Å²) < 4.78 is 10.2. The van der Waals surface area contributed by atoms with Gasteiger partial charge in [0.1, 0.15) is 5.75 Å². The zero-order chi connectivity index (χ0) is 19.6. The Bertz CT molecular complexity index is 799. The number of halogens is 1. The van der Waals surface area contributed by atoms with Gasteiger partial charge in [-0.05, 0) is 67.9 Å². The van der Waals surface area contributed by atoms with E-state index in [0.29, 0.717) is 28.0 Å². The summed E-state index contributed by atoms with van der Waals surface area (Å²) in [6.45, 7) is 2.76. The lowest BCUT2D eigenvalue weighted by molar-refractivity contribution is 0.0526. The second-order valence-electron chi connectivity index (χ2n) is 5.75. The van der Waals surface area contributed by atoms with Crippen molar-refractivity contribution < 1.29 is 14.3 Å². The quantitative estimate of drug-likeness (QED) is 0.384. The number of benzene rings is 2. The van der Waals surface area contributed by atoms with Crippen molar-refractivity contribution in [1.29, 1.82) is 0 Å². The summed E-state index contributed by atoms with van der Waals surface area (Å²) in [5.41, 5.74) is 2.20. The van der Waals surface area contributed by atoms with Crippen LogP contribution >= 0.6 is 23.8 Å². The molecule has 2 aromatic carbocycles. The van der Waals surface area contributed by atoms with Crippen LogP contribution in [0.1, 0.15) is 29.3 Å². The summed E-state index contributed by atoms with van der Waals surface area (Å²) in [5.74, 6) is 0.404. The first-order chi connectivity index (χ1) is 13.0. The average molecular weight is 407 g/mol. The van der Waals surface area contributed by atoms with Crippen molar-refractivity contribution in [3.8, 4) is 5.75 Å². The molecule has 0 aliphatic heterocycles. The topological polar surface area (TPSA) is 59.6 Å². The van der Waals surface area contributed by atoms with Crippen LogP contribution in [-0.2, 0) is 11.2 Å². The Morgan fingerprint density at radius 1 is 1.22 bits per heavy atom. The van der Waals surface area contributed by atoms with Crippen LogP contribution in [0.15, 0.2) is 42.5 Å². The molecule has 0 aliphatic carbocycles. The fraction of sp³-hybridized carbons (Fsp3) is 0.300. The molecule has 2 rings (SSSR count). The first kappa shape index (κ1) is 21.0. The van der Waals surface area contributed by atoms with Crippen molar-refractivity contribution in [3.05, 3.63) is 58.6 Å². The SMILES string of the molecule is CCOC(=O)c1cc(NC(=S)NCCCc2cccc(OC)c2)ccc1Cl. The third-order valence-electron chi connectivity index (χ3n) is 3.78. The maximum absolute atomic E-state index is 11.9. The van der Waals surface area contributed by atoms with Crippen molar-refractivity contribution >= 4 is 40.6 Å². The first-order valence-corrected chi connectivity index (χ1v) is 9.46. The van der Waals surface area contributed by atoms with Gasteiger partial charge in [-0.2, -0.15) is 0 Å². The number of rotatable bonds is 8. The molecule has 0 heterocycles. The summed E-state index contributed by atoms with van der Waals surface area (Å²) in [6.07, 6.45) is 1.84. The molecule has 0 saturated heterocycles. The number of nitrogens with one attached hydrogen (secondary N) is 2. The molecule has 0 amide bonds. The molecular weight excluding hydrogens is 384 g/mol. The van der Waals surface area contributed by atoms with Gasteiger partial charge >= 0.3 is 5.97 Å². The highest BCUT2D eigenvalue weighted by atomic mass is 35.5. The van der Waals surface area contributed by atoms with E-state index in [2.05, 4.69) is 16.7 Å². The zero-order valence-corrected chi connectivity index (χ0v) is 17.0. The van der Waals surface area contributed by atoms with Crippen LogP contribution in [0.5, 0.6) is 5.75 Å². The van der Waals surface area contributed by atoms with E-state index in [-0.39, 0.29) is 0 Å². The minimum atomic E-state index is -0.455. The Balaban J connectivity index is 1.81. The monoisotopic (exact) mass is 406 g/mol. The molecule has 5 nitrogen and oxygen atoms in total. The van der Waals surface area contributed by atoms with E-state index < -0.39 is 5.97 Å². The van der Waals surface area contributed by atoms with Crippen molar-refractivity contribution in [1.82, 2.24) is 5.32 Å². The third kappa shape index (κ3) is 6.73. The Morgan fingerprint density at radius 2 is 2.04 bits per heavy atom. The molecule has 0 atom stereocenters. The number of hydrogen-bond acceptors (Lipinski definition) is 4. The highest BCUT2D eigenvalue weighted by molar-refractivity contribution is 7.80. The highest BCUT2D eigenvalue weighted by Gasteiger charge is 2.12. The number of hydrogen-bond donors (Lipinski definition) is 2. The van der Waals surface area contributed by atoms with E-state index in [1.54, 1.807) is 32.2 Å². The molecule has 0 radical (unpaired) electrons. The summed E-state index contributed by atoms with van der Waals surface area (Å²) in [7, 11) is 1.66. The number of aryl methyl sites for hydroxylation is 1. The Hall–Kier alpha value is -2.31. The smallest absolute Gasteiger partial charge is 0.339 e. The summed E-state index contributed by atoms with van der Waals surface area (Å²) in [4.78, 5) is 11.9. The number of carbonyl (C=O) groups excluding carboxylic acids is 1. The molecule has 0 aliphatic rings. The van der Waals surface area contributed by atoms with Gasteiger partial charge in [-0.3, -0.25) is 0 Å². The lowest BCUT2D eigenvalue weighted by Gasteiger charge is -2.12. The van der Waals surface area contributed by atoms with Crippen molar-refractivity contribution in [2.75, 3.05) is 25.6 Å². The molecule has 144 valence electrons. The van der Waals surface area contributed by atoms with Crippen molar-refractivity contribution in [2.24, 2.45) is 0 Å². The summed E-state index contributed by atoms with van der Waals surface area (Å²) >= 11 is 11.4. The largest absolute Gasteiger partial charge is 0.497 e. The van der Waals surface area contributed by atoms with Gasteiger partial charge in [0.05, 0.1) is 24.3 Å². The highest BCUT2D eigenvalue weighted by Crippen LogP contribution is 2.21. The second kappa shape index (κ2) is 10.7. The second-order valence-corrected chi connectivity index (χ2v) is 6.57. The molecule has 0 unspecified atom stereocenters. The minimum absolute atomic E-state index is 0.292. The molecule has 7 heteroatoms. The third-order valence-corrected chi connectivity index (χ3v) is 4.36. The normalized spacial score (nSPS) is 10.2. The standard InChI is InChI=1S/C20H23ClN2O3S/c1-3-26-19(24)17-13-15(9-10-18(17)21)23-20(27)22-11-5-7-14-6-4-8-16(12-14)25-2/h4,6,8-10,12-13H,3,5,7,11H2,1-2H3,(H2,22,23,27). The van der Waals surface area contributed by atoms with Crippen LogP contribution in [-0.4, -0.2) is 31.3 Å². The number of anilines is 1. The van der Waals surface area contributed by atoms with Gasteiger partial charge in [-0.1, -0.05) is 23.7 Å². The van der Waals surface area contributed by atoms with Gasteiger partial charge in [0.2, 0.25) is 0 Å². The molecule has 0 bridgehead atoms. The summed E-state index contributed by atoms with van der Waals surface area (Å²) in [5, 5.41) is 7.04. The first-order valence-electron chi connectivity index (χ1n) is 8.68. The van der Waals surface area contributed by atoms with Crippen molar-refractivity contribution in [3.63, 3.8) is 0 Å². The van der Waals surface area contributed by atoms with Crippen LogP contribution in [0.25, 0.3) is 0 Å². The Labute approximate surface area is 170 Å². The molecule has 0 spiro atoms. The zero-order valence-electron chi connectivity index (χ0n) is 15.4. The molecule has 0 fully saturated rings. The van der Waals surface area contributed by atoms with E-state index in [4.69, 9.17) is 33.3 Å². The Morgan fingerprint density at radius 3 is 2.78 bits per heavy atom. The molecule has 0 aromatic heterocycles. The number of esters is 1. The summed E-state index contributed by atoms with van der Waals surface area (Å²) in [6, 6.07) is 13.0. The molecule has 0 saturated carbocycles. The predicted molar refractivity (Wildman–Crippen MR) is 113 cm³/mol. The van der Waals surface area contributed by atoms with Crippen LogP contribution in [0.3, 0.4) is 0 Å². The lowest BCUT2D eigenvalue weighted by atomic mass is 10.1. The number of methoxy groups -OCH3 is 1. The minimum Gasteiger partial charge on any atom is -0.497 e. The van der Waals surface area contributed by atoms with Gasteiger partial charge in [-0.25, -0.2) is 4.79 Å². The van der Waals surface area contributed by atoms with E-state index in [1.807, 2.05) is 18.2 Å². The fourth-order valence-corrected chi connectivity index (χ4v) is 2.88. The van der Waals surface area contributed by atoms with Gasteiger partial charge in [0.25, 0.3) is 0 Å². The van der Waals surface area contributed by atoms with Crippen LogP contribution in [0.2, 0.25) is 5.02 Å². The van der Waals surface area contributed by atoms with Crippen LogP contribution in [0, 0.1) is 0 Å². The van der Waals surface area contributed by atoms with E-state index in [0.717, 1.165) is 25.1 Å². The maximum atomic E-state index is 11.9. The van der Waals surface area contributed by atoms with Crippen molar-refractivity contribution in [2.45, 2.75) is 19.8 Å². The van der Waals surface area contributed by atoms with E-state index in [1.165, 1.54) is 5.56 Å².